The number of nitrogen functional groups attached to an aromatic ring is 1. The van der Waals surface area contributed by atoms with Crippen LogP contribution in [0.4, 0.5) is 5.95 Å². The highest BCUT2D eigenvalue weighted by Crippen LogP contribution is 2.24. The van der Waals surface area contributed by atoms with Gasteiger partial charge in [-0.15, -0.1) is 5.10 Å². The van der Waals surface area contributed by atoms with E-state index in [9.17, 15) is 5.11 Å². The molecule has 30 heavy (non-hydrogen) atoms. The third-order valence-corrected chi connectivity index (χ3v) is 4.62. The first-order valence-corrected chi connectivity index (χ1v) is 9.59. The van der Waals surface area contributed by atoms with Gasteiger partial charge in [-0.1, -0.05) is 35.0 Å². The maximum absolute atomic E-state index is 10.2. The number of nitrogens with two attached hydrogens (primary N) is 1. The first kappa shape index (κ1) is 19.7. The molecule has 8 heteroatoms. The second-order valence-electron chi connectivity index (χ2n) is 7.74. The summed E-state index contributed by atoms with van der Waals surface area (Å²) in [6.07, 6.45) is 1.79. The zero-order valence-corrected chi connectivity index (χ0v) is 17.1. The van der Waals surface area contributed by atoms with Crippen LogP contribution in [0.25, 0.3) is 22.6 Å². The van der Waals surface area contributed by atoms with Crippen LogP contribution in [0.1, 0.15) is 30.8 Å². The molecule has 0 amide bonds. The Hall–Kier alpha value is -3.65. The molecule has 3 N–H and O–H groups in total. The van der Waals surface area contributed by atoms with E-state index < -0.39 is 5.60 Å². The van der Waals surface area contributed by atoms with Crippen LogP contribution >= 0.6 is 0 Å². The van der Waals surface area contributed by atoms with Gasteiger partial charge in [0.05, 0.1) is 35.5 Å². The van der Waals surface area contributed by atoms with Crippen LogP contribution in [-0.2, 0) is 12.1 Å². The molecule has 4 rings (SSSR count). The fourth-order valence-corrected chi connectivity index (χ4v) is 3.12. The van der Waals surface area contributed by atoms with E-state index in [0.29, 0.717) is 23.6 Å². The summed E-state index contributed by atoms with van der Waals surface area (Å²) >= 11 is 0. The molecule has 3 heterocycles. The van der Waals surface area contributed by atoms with Gasteiger partial charge in [0.1, 0.15) is 11.3 Å². The quantitative estimate of drug-likeness (QED) is 0.528. The van der Waals surface area contributed by atoms with Gasteiger partial charge in [-0.05, 0) is 45.0 Å². The van der Waals surface area contributed by atoms with Crippen molar-refractivity contribution >= 4 is 5.95 Å². The monoisotopic (exact) mass is 401 g/mol. The average molecular weight is 401 g/mol. The van der Waals surface area contributed by atoms with E-state index in [4.69, 9.17) is 5.73 Å². The van der Waals surface area contributed by atoms with Crippen molar-refractivity contribution in [3.63, 3.8) is 0 Å². The fraction of sp³-hybridized carbons (Fsp3) is 0.227. The van der Waals surface area contributed by atoms with E-state index in [1.807, 2.05) is 49.4 Å². The molecule has 0 aliphatic rings. The number of pyridine rings is 1. The number of anilines is 1. The minimum Gasteiger partial charge on any atom is -0.384 e. The van der Waals surface area contributed by atoms with Crippen molar-refractivity contribution in [1.82, 2.24) is 29.9 Å². The first-order chi connectivity index (χ1) is 14.3. The third-order valence-electron chi connectivity index (χ3n) is 4.62. The molecule has 8 nitrogen and oxygen atoms in total. The molecule has 0 fully saturated rings. The standard InChI is InChI=1S/C22H23N7O/c1-14-6-4-7-15(10-14)17-11-18(26-21(23)25-17)19-13-29(28-27-19)12-16-8-5-9-20(24-16)22(2,3)30/h4-11,13,30H,12H2,1-3H3,(H2,23,25,26). The van der Waals surface area contributed by atoms with Gasteiger partial charge in [-0.3, -0.25) is 4.98 Å². The van der Waals surface area contributed by atoms with Crippen molar-refractivity contribution in [2.75, 3.05) is 5.73 Å². The molecule has 0 saturated carbocycles. The Balaban J connectivity index is 1.62. The Morgan fingerprint density at radius 1 is 0.967 bits per heavy atom. The SMILES string of the molecule is Cc1cccc(-c2cc(-c3cn(Cc4cccc(C(C)(C)O)n4)nn3)nc(N)n2)c1. The van der Waals surface area contributed by atoms with Crippen molar-refractivity contribution < 1.29 is 5.11 Å². The molecule has 0 spiro atoms. The van der Waals surface area contributed by atoms with Crippen LogP contribution in [0.2, 0.25) is 0 Å². The summed E-state index contributed by atoms with van der Waals surface area (Å²) in [5, 5.41) is 18.6. The summed E-state index contributed by atoms with van der Waals surface area (Å²) in [6, 6.07) is 15.4. The first-order valence-electron chi connectivity index (χ1n) is 9.59. The number of aryl methyl sites for hydroxylation is 1. The molecule has 0 aliphatic carbocycles. The molecular weight excluding hydrogens is 378 g/mol. The van der Waals surface area contributed by atoms with Gasteiger partial charge in [0.15, 0.2) is 0 Å². The number of hydrogen-bond donors (Lipinski definition) is 2. The van der Waals surface area contributed by atoms with Gasteiger partial charge in [0.2, 0.25) is 5.95 Å². The molecule has 4 aromatic rings. The largest absolute Gasteiger partial charge is 0.384 e. The molecule has 3 aromatic heterocycles. The molecular formula is C22H23N7O. The Kier molecular flexibility index (Phi) is 5.01. The summed E-state index contributed by atoms with van der Waals surface area (Å²) in [6.45, 7) is 5.86. The van der Waals surface area contributed by atoms with Gasteiger partial charge in [0.25, 0.3) is 0 Å². The minimum atomic E-state index is -1.01. The summed E-state index contributed by atoms with van der Waals surface area (Å²) in [4.78, 5) is 13.2. The van der Waals surface area contributed by atoms with Gasteiger partial charge in [-0.2, -0.15) is 0 Å². The number of benzene rings is 1. The Bertz CT molecular complexity index is 1190. The van der Waals surface area contributed by atoms with Crippen LogP contribution in [0.3, 0.4) is 0 Å². The van der Waals surface area contributed by atoms with E-state index in [1.165, 1.54) is 0 Å². The summed E-state index contributed by atoms with van der Waals surface area (Å²) in [5.74, 6) is 0.179. The Morgan fingerprint density at radius 2 is 1.73 bits per heavy atom. The summed E-state index contributed by atoms with van der Waals surface area (Å²) < 4.78 is 1.68. The van der Waals surface area contributed by atoms with Crippen molar-refractivity contribution in [1.29, 1.82) is 0 Å². The Morgan fingerprint density at radius 3 is 2.50 bits per heavy atom. The van der Waals surface area contributed by atoms with Crippen LogP contribution in [0, 0.1) is 6.92 Å². The van der Waals surface area contributed by atoms with Crippen LogP contribution < -0.4 is 5.73 Å². The predicted octanol–water partition coefficient (Wildman–Crippen LogP) is 2.96. The molecule has 0 aliphatic heterocycles. The predicted molar refractivity (Wildman–Crippen MR) is 114 cm³/mol. The van der Waals surface area contributed by atoms with Crippen LogP contribution in [0.15, 0.2) is 54.7 Å². The van der Waals surface area contributed by atoms with Gasteiger partial charge >= 0.3 is 0 Å². The molecule has 0 radical (unpaired) electrons. The van der Waals surface area contributed by atoms with Crippen molar-refractivity contribution in [2.24, 2.45) is 0 Å². The van der Waals surface area contributed by atoms with Gasteiger partial charge < -0.3 is 10.8 Å². The minimum absolute atomic E-state index is 0.179. The van der Waals surface area contributed by atoms with Crippen molar-refractivity contribution in [2.45, 2.75) is 32.9 Å². The average Bonchev–Trinajstić information content (AvgIpc) is 3.16. The van der Waals surface area contributed by atoms with E-state index in [-0.39, 0.29) is 5.95 Å². The Labute approximate surface area is 174 Å². The van der Waals surface area contributed by atoms with E-state index in [0.717, 1.165) is 22.5 Å². The molecule has 0 saturated heterocycles. The highest BCUT2D eigenvalue weighted by Gasteiger charge is 2.18. The molecule has 1 aromatic carbocycles. The van der Waals surface area contributed by atoms with E-state index >= 15 is 0 Å². The fourth-order valence-electron chi connectivity index (χ4n) is 3.12. The van der Waals surface area contributed by atoms with Crippen molar-refractivity contribution in [3.8, 4) is 22.6 Å². The van der Waals surface area contributed by atoms with Gasteiger partial charge in [0, 0.05) is 5.56 Å². The zero-order chi connectivity index (χ0) is 21.3. The van der Waals surface area contributed by atoms with E-state index in [1.54, 1.807) is 30.8 Å². The highest BCUT2D eigenvalue weighted by molar-refractivity contribution is 5.67. The van der Waals surface area contributed by atoms with Gasteiger partial charge in [-0.25, -0.2) is 14.6 Å². The number of nitrogens with zero attached hydrogens (tertiary/aromatic N) is 6. The molecule has 0 atom stereocenters. The number of aromatic nitrogens is 6. The third kappa shape index (κ3) is 4.33. The lowest BCUT2D eigenvalue weighted by atomic mass is 10.0. The second kappa shape index (κ2) is 7.64. The molecule has 152 valence electrons. The van der Waals surface area contributed by atoms with Crippen LogP contribution in [0.5, 0.6) is 0 Å². The lowest BCUT2D eigenvalue weighted by Crippen LogP contribution is -2.18. The van der Waals surface area contributed by atoms with Crippen LogP contribution in [-0.4, -0.2) is 35.1 Å². The second-order valence-corrected chi connectivity index (χ2v) is 7.74. The smallest absolute Gasteiger partial charge is 0.221 e. The molecule has 0 bridgehead atoms. The van der Waals surface area contributed by atoms with E-state index in [2.05, 4.69) is 25.3 Å². The molecule has 0 unspecified atom stereocenters. The lowest BCUT2D eigenvalue weighted by Gasteiger charge is -2.17. The lowest BCUT2D eigenvalue weighted by molar-refractivity contribution is 0.0736. The van der Waals surface area contributed by atoms with Crippen molar-refractivity contribution in [3.05, 3.63) is 71.7 Å². The maximum Gasteiger partial charge on any atom is 0.221 e. The number of aliphatic hydroxyl groups is 1. The zero-order valence-electron chi connectivity index (χ0n) is 17.1. The maximum atomic E-state index is 10.2. The highest BCUT2D eigenvalue weighted by atomic mass is 16.3. The number of rotatable bonds is 5. The topological polar surface area (TPSA) is 116 Å². The number of hydrogen-bond acceptors (Lipinski definition) is 7. The summed E-state index contributed by atoms with van der Waals surface area (Å²) in [5.41, 5.74) is 10.3. The normalized spacial score (nSPS) is 11.6. The summed E-state index contributed by atoms with van der Waals surface area (Å²) in [7, 11) is 0.